The van der Waals surface area contributed by atoms with Crippen LogP contribution in [0, 0.1) is 6.92 Å². The maximum absolute atomic E-state index is 12.6. The van der Waals surface area contributed by atoms with Gasteiger partial charge < -0.3 is 10.6 Å². The number of pyridine rings is 1. The molecular formula is C20H23N3O2. The van der Waals surface area contributed by atoms with E-state index in [0.717, 1.165) is 29.7 Å². The van der Waals surface area contributed by atoms with Gasteiger partial charge >= 0.3 is 0 Å². The summed E-state index contributed by atoms with van der Waals surface area (Å²) in [5, 5.41) is 5.88. The van der Waals surface area contributed by atoms with E-state index in [0.29, 0.717) is 11.5 Å². The molecule has 0 atom stereocenters. The van der Waals surface area contributed by atoms with Crippen LogP contribution in [0.5, 0.6) is 0 Å². The summed E-state index contributed by atoms with van der Waals surface area (Å²) in [6, 6.07) is 9.41. The molecule has 0 spiro atoms. The van der Waals surface area contributed by atoms with E-state index in [4.69, 9.17) is 0 Å². The molecule has 130 valence electrons. The number of hydrogen-bond donors (Lipinski definition) is 2. The molecule has 2 amide bonds. The number of nitrogens with zero attached hydrogens (tertiary/aromatic N) is 1. The molecule has 0 saturated heterocycles. The van der Waals surface area contributed by atoms with Crippen molar-refractivity contribution in [3.05, 3.63) is 58.9 Å². The van der Waals surface area contributed by atoms with E-state index in [-0.39, 0.29) is 23.6 Å². The Labute approximate surface area is 147 Å². The maximum atomic E-state index is 12.6. The topological polar surface area (TPSA) is 71.1 Å². The Morgan fingerprint density at radius 1 is 1.16 bits per heavy atom. The van der Waals surface area contributed by atoms with Crippen molar-refractivity contribution in [2.75, 3.05) is 5.32 Å². The third-order valence-corrected chi connectivity index (χ3v) is 4.33. The fourth-order valence-corrected chi connectivity index (χ4v) is 2.71. The van der Waals surface area contributed by atoms with E-state index < -0.39 is 0 Å². The number of amides is 2. The minimum absolute atomic E-state index is 0.155. The van der Waals surface area contributed by atoms with Gasteiger partial charge in [-0.05, 0) is 48.9 Å². The quantitative estimate of drug-likeness (QED) is 0.875. The van der Waals surface area contributed by atoms with Crippen LogP contribution in [0.4, 0.5) is 5.69 Å². The molecule has 1 aliphatic rings. The lowest BCUT2D eigenvalue weighted by Gasteiger charge is -2.16. The van der Waals surface area contributed by atoms with Crippen molar-refractivity contribution in [2.45, 2.75) is 45.6 Å². The average Bonchev–Trinajstić information content (AvgIpc) is 3.40. The number of carbonyl (C=O) groups is 2. The summed E-state index contributed by atoms with van der Waals surface area (Å²) in [6.07, 6.45) is 3.54. The van der Waals surface area contributed by atoms with Crippen molar-refractivity contribution < 1.29 is 9.59 Å². The first kappa shape index (κ1) is 17.1. The lowest BCUT2D eigenvalue weighted by atomic mass is 9.98. The molecule has 1 fully saturated rings. The number of aromatic nitrogens is 1. The highest BCUT2D eigenvalue weighted by molar-refractivity contribution is 6.05. The highest BCUT2D eigenvalue weighted by Gasteiger charge is 2.24. The van der Waals surface area contributed by atoms with Crippen LogP contribution in [-0.2, 0) is 0 Å². The molecule has 0 unspecified atom stereocenters. The van der Waals surface area contributed by atoms with Crippen molar-refractivity contribution in [3.8, 4) is 0 Å². The molecule has 0 aliphatic heterocycles. The molecule has 2 N–H and O–H groups in total. The standard InChI is InChI=1S/C20H23N3O2/c1-12(2)16-6-4-5-13(3)18(16)23-20(25)17-11-14(9-10-21-17)19(24)22-15-7-8-15/h4-6,9-12,15H,7-8H2,1-3H3,(H,22,24)(H,23,25). The van der Waals surface area contributed by atoms with Crippen LogP contribution in [0.1, 0.15) is 64.6 Å². The number of benzene rings is 1. The van der Waals surface area contributed by atoms with Crippen molar-refractivity contribution in [3.63, 3.8) is 0 Å². The summed E-state index contributed by atoms with van der Waals surface area (Å²) in [4.78, 5) is 28.9. The predicted octanol–water partition coefficient (Wildman–Crippen LogP) is 3.66. The predicted molar refractivity (Wildman–Crippen MR) is 97.9 cm³/mol. The average molecular weight is 337 g/mol. The van der Waals surface area contributed by atoms with Crippen molar-refractivity contribution in [1.29, 1.82) is 0 Å². The highest BCUT2D eigenvalue weighted by atomic mass is 16.2. The Kier molecular flexibility index (Phi) is 4.83. The molecule has 1 saturated carbocycles. The molecule has 2 aromatic rings. The SMILES string of the molecule is Cc1cccc(C(C)C)c1NC(=O)c1cc(C(=O)NC2CC2)ccn1. The van der Waals surface area contributed by atoms with Crippen molar-refractivity contribution in [2.24, 2.45) is 0 Å². The summed E-state index contributed by atoms with van der Waals surface area (Å²) in [7, 11) is 0. The number of anilines is 1. The Bertz CT molecular complexity index is 810. The number of rotatable bonds is 5. The first-order valence-corrected chi connectivity index (χ1v) is 8.63. The largest absolute Gasteiger partial charge is 0.349 e. The number of carbonyl (C=O) groups excluding carboxylic acids is 2. The van der Waals surface area contributed by atoms with Crippen molar-refractivity contribution >= 4 is 17.5 Å². The van der Waals surface area contributed by atoms with Crippen LogP contribution in [0.25, 0.3) is 0 Å². The van der Waals surface area contributed by atoms with E-state index >= 15 is 0 Å². The van der Waals surface area contributed by atoms with E-state index in [1.807, 2.05) is 25.1 Å². The normalized spacial score (nSPS) is 13.6. The summed E-state index contributed by atoms with van der Waals surface area (Å²) in [6.45, 7) is 6.14. The summed E-state index contributed by atoms with van der Waals surface area (Å²) in [5.74, 6) is -0.172. The lowest BCUT2D eigenvalue weighted by molar-refractivity contribution is 0.0951. The van der Waals surface area contributed by atoms with Crippen LogP contribution in [-0.4, -0.2) is 22.8 Å². The van der Waals surface area contributed by atoms with E-state index in [1.54, 1.807) is 12.1 Å². The zero-order chi connectivity index (χ0) is 18.0. The Balaban J connectivity index is 1.81. The lowest BCUT2D eigenvalue weighted by Crippen LogP contribution is -2.26. The molecule has 25 heavy (non-hydrogen) atoms. The molecule has 0 bridgehead atoms. The molecule has 1 heterocycles. The fraction of sp³-hybridized carbons (Fsp3) is 0.350. The molecule has 1 aromatic carbocycles. The number of para-hydroxylation sites is 1. The van der Waals surface area contributed by atoms with Crippen LogP contribution in [0.15, 0.2) is 36.5 Å². The van der Waals surface area contributed by atoms with E-state index in [1.165, 1.54) is 6.20 Å². The van der Waals surface area contributed by atoms with Gasteiger partial charge in [0.1, 0.15) is 5.69 Å². The van der Waals surface area contributed by atoms with E-state index in [9.17, 15) is 9.59 Å². The minimum atomic E-state index is -0.308. The second-order valence-corrected chi connectivity index (χ2v) is 6.83. The smallest absolute Gasteiger partial charge is 0.274 e. The zero-order valence-corrected chi connectivity index (χ0v) is 14.8. The van der Waals surface area contributed by atoms with E-state index in [2.05, 4.69) is 29.5 Å². The Morgan fingerprint density at radius 3 is 2.60 bits per heavy atom. The van der Waals surface area contributed by atoms with Gasteiger partial charge in [0.05, 0.1) is 0 Å². The molecule has 0 radical (unpaired) electrons. The molecule has 1 aromatic heterocycles. The van der Waals surface area contributed by atoms with Crippen LogP contribution in [0.2, 0.25) is 0 Å². The van der Waals surface area contributed by atoms with Gasteiger partial charge in [0.25, 0.3) is 11.8 Å². The third-order valence-electron chi connectivity index (χ3n) is 4.33. The first-order valence-electron chi connectivity index (χ1n) is 8.63. The van der Waals surface area contributed by atoms with Crippen LogP contribution >= 0.6 is 0 Å². The molecule has 5 heteroatoms. The Hall–Kier alpha value is -2.69. The van der Waals surface area contributed by atoms with Gasteiger partial charge in [-0.25, -0.2) is 0 Å². The second-order valence-electron chi connectivity index (χ2n) is 6.83. The Morgan fingerprint density at radius 2 is 1.92 bits per heavy atom. The van der Waals surface area contributed by atoms with Gasteiger partial charge in [-0.2, -0.15) is 0 Å². The van der Waals surface area contributed by atoms with Gasteiger partial charge in [0.15, 0.2) is 0 Å². The summed E-state index contributed by atoms with van der Waals surface area (Å²) >= 11 is 0. The molecule has 1 aliphatic carbocycles. The zero-order valence-electron chi connectivity index (χ0n) is 14.8. The summed E-state index contributed by atoms with van der Waals surface area (Å²) in [5.41, 5.74) is 3.60. The second kappa shape index (κ2) is 7.05. The first-order chi connectivity index (χ1) is 12.0. The molecular weight excluding hydrogens is 314 g/mol. The maximum Gasteiger partial charge on any atom is 0.274 e. The van der Waals surface area contributed by atoms with Crippen molar-refractivity contribution in [1.82, 2.24) is 10.3 Å². The molecule has 3 rings (SSSR count). The van der Waals surface area contributed by atoms with Gasteiger partial charge in [0.2, 0.25) is 0 Å². The number of hydrogen-bond acceptors (Lipinski definition) is 3. The fourth-order valence-electron chi connectivity index (χ4n) is 2.71. The molecule has 5 nitrogen and oxygen atoms in total. The minimum Gasteiger partial charge on any atom is -0.349 e. The summed E-state index contributed by atoms with van der Waals surface area (Å²) < 4.78 is 0. The number of nitrogens with one attached hydrogen (secondary N) is 2. The highest BCUT2D eigenvalue weighted by Crippen LogP contribution is 2.27. The van der Waals surface area contributed by atoms with Crippen LogP contribution < -0.4 is 10.6 Å². The van der Waals surface area contributed by atoms with Gasteiger partial charge in [0, 0.05) is 23.5 Å². The van der Waals surface area contributed by atoms with Crippen LogP contribution in [0.3, 0.4) is 0 Å². The third kappa shape index (κ3) is 4.05. The monoisotopic (exact) mass is 337 g/mol. The van der Waals surface area contributed by atoms with Gasteiger partial charge in [-0.15, -0.1) is 0 Å². The van der Waals surface area contributed by atoms with Gasteiger partial charge in [-0.1, -0.05) is 32.0 Å². The van der Waals surface area contributed by atoms with Gasteiger partial charge in [-0.3, -0.25) is 14.6 Å². The number of aryl methyl sites for hydroxylation is 1.